The first-order chi connectivity index (χ1) is 12.6. The molecule has 2 rings (SSSR count). The van der Waals surface area contributed by atoms with E-state index in [-0.39, 0.29) is 5.91 Å². The third-order valence-electron chi connectivity index (χ3n) is 5.43. The van der Waals surface area contributed by atoms with Crippen LogP contribution in [0, 0.1) is 5.41 Å². The molecule has 1 aliphatic heterocycles. The summed E-state index contributed by atoms with van der Waals surface area (Å²) in [4.78, 5) is 28.2. The first-order valence-corrected chi connectivity index (χ1v) is 9.22. The molecule has 1 saturated heterocycles. The summed E-state index contributed by atoms with van der Waals surface area (Å²) in [5.41, 5.74) is 3.01. The molecule has 146 valence electrons. The molecule has 1 aromatic rings. The fraction of sp³-hybridized carbons (Fsp3) is 0.455. The van der Waals surface area contributed by atoms with Gasteiger partial charge in [0, 0.05) is 18.8 Å². The molecular weight excluding hydrogens is 340 g/mol. The van der Waals surface area contributed by atoms with E-state index in [9.17, 15) is 9.59 Å². The van der Waals surface area contributed by atoms with Crippen molar-refractivity contribution in [2.45, 2.75) is 33.1 Å². The van der Waals surface area contributed by atoms with E-state index in [4.69, 9.17) is 5.11 Å². The Bertz CT molecular complexity index is 764. The number of amides is 1. The fourth-order valence-electron chi connectivity index (χ4n) is 3.49. The molecule has 27 heavy (non-hydrogen) atoms. The summed E-state index contributed by atoms with van der Waals surface area (Å²) in [5.74, 6) is -1.39. The Morgan fingerprint density at radius 3 is 2.44 bits per heavy atom. The predicted octanol–water partition coefficient (Wildman–Crippen LogP) is 3.68. The Balaban J connectivity index is 2.23. The number of carboxylic acid groups (broad SMARTS) is 1. The number of nitrogens with zero attached hydrogens (tertiary/aromatic N) is 2. The Kier molecular flexibility index (Phi) is 6.26. The first kappa shape index (κ1) is 20.9. The van der Waals surface area contributed by atoms with Crippen molar-refractivity contribution >= 4 is 17.6 Å². The summed E-state index contributed by atoms with van der Waals surface area (Å²) in [6, 6.07) is 7.21. The SMILES string of the molecule is C=C1CN(c2ccc(C(C)C(=O)O)cc2)C(=O)C1(C)C/C(=C\C)CN(C)C. The maximum absolute atomic E-state index is 13.2. The minimum absolute atomic E-state index is 0.0460. The highest BCUT2D eigenvalue weighted by Gasteiger charge is 2.46. The first-order valence-electron chi connectivity index (χ1n) is 9.22. The number of allylic oxidation sites excluding steroid dienone is 1. The lowest BCUT2D eigenvalue weighted by Crippen LogP contribution is -2.34. The molecule has 1 fully saturated rings. The van der Waals surface area contributed by atoms with Crippen LogP contribution in [0.2, 0.25) is 0 Å². The third-order valence-corrected chi connectivity index (χ3v) is 5.43. The number of hydrogen-bond acceptors (Lipinski definition) is 3. The summed E-state index contributed by atoms with van der Waals surface area (Å²) in [7, 11) is 4.03. The van der Waals surface area contributed by atoms with Crippen LogP contribution in [0.3, 0.4) is 0 Å². The zero-order chi connectivity index (χ0) is 20.4. The molecule has 1 amide bonds. The minimum atomic E-state index is -0.860. The van der Waals surface area contributed by atoms with Gasteiger partial charge >= 0.3 is 5.97 Å². The van der Waals surface area contributed by atoms with Crippen LogP contribution in [0.4, 0.5) is 5.69 Å². The largest absolute Gasteiger partial charge is 0.481 e. The van der Waals surface area contributed by atoms with E-state index in [2.05, 4.69) is 17.6 Å². The second kappa shape index (κ2) is 8.09. The van der Waals surface area contributed by atoms with Crippen LogP contribution in [-0.4, -0.2) is 49.1 Å². The molecule has 1 aromatic carbocycles. The van der Waals surface area contributed by atoms with E-state index in [0.29, 0.717) is 13.0 Å². The van der Waals surface area contributed by atoms with Gasteiger partial charge in [-0.25, -0.2) is 0 Å². The molecule has 1 heterocycles. The Morgan fingerprint density at radius 2 is 1.96 bits per heavy atom. The molecule has 0 radical (unpaired) electrons. The lowest BCUT2D eigenvalue weighted by molar-refractivity contribution is -0.138. The van der Waals surface area contributed by atoms with E-state index < -0.39 is 17.3 Å². The van der Waals surface area contributed by atoms with E-state index in [1.807, 2.05) is 40.1 Å². The van der Waals surface area contributed by atoms with Gasteiger partial charge in [-0.2, -0.15) is 0 Å². The number of carbonyl (C=O) groups excluding carboxylic acids is 1. The zero-order valence-corrected chi connectivity index (χ0v) is 17.0. The van der Waals surface area contributed by atoms with Gasteiger partial charge < -0.3 is 14.9 Å². The van der Waals surface area contributed by atoms with Crippen molar-refractivity contribution in [2.75, 3.05) is 32.1 Å². The normalized spacial score (nSPS) is 21.9. The maximum atomic E-state index is 13.2. The lowest BCUT2D eigenvalue weighted by atomic mass is 9.79. The molecule has 0 aliphatic carbocycles. The quantitative estimate of drug-likeness (QED) is 0.744. The van der Waals surface area contributed by atoms with Crippen molar-refractivity contribution in [2.24, 2.45) is 5.41 Å². The maximum Gasteiger partial charge on any atom is 0.310 e. The molecular formula is C22H30N2O3. The summed E-state index contributed by atoms with van der Waals surface area (Å²) in [6.45, 7) is 11.1. The van der Waals surface area contributed by atoms with Crippen LogP contribution >= 0.6 is 0 Å². The van der Waals surface area contributed by atoms with Crippen molar-refractivity contribution in [3.63, 3.8) is 0 Å². The van der Waals surface area contributed by atoms with Crippen LogP contribution in [0.5, 0.6) is 0 Å². The van der Waals surface area contributed by atoms with Gasteiger partial charge in [0.25, 0.3) is 0 Å². The molecule has 5 nitrogen and oxygen atoms in total. The molecule has 0 aromatic heterocycles. The highest BCUT2D eigenvalue weighted by atomic mass is 16.4. The van der Waals surface area contributed by atoms with Crippen LogP contribution in [0.25, 0.3) is 0 Å². The van der Waals surface area contributed by atoms with E-state index in [1.165, 1.54) is 5.57 Å². The van der Waals surface area contributed by atoms with Gasteiger partial charge in [-0.1, -0.05) is 30.4 Å². The van der Waals surface area contributed by atoms with Gasteiger partial charge in [0.1, 0.15) is 0 Å². The summed E-state index contributed by atoms with van der Waals surface area (Å²) < 4.78 is 0. The molecule has 0 saturated carbocycles. The Morgan fingerprint density at radius 1 is 1.37 bits per heavy atom. The van der Waals surface area contributed by atoms with Crippen LogP contribution in [0.15, 0.2) is 48.1 Å². The van der Waals surface area contributed by atoms with Gasteiger partial charge in [0.2, 0.25) is 5.91 Å². The van der Waals surface area contributed by atoms with E-state index in [0.717, 1.165) is 23.4 Å². The molecule has 2 unspecified atom stereocenters. The van der Waals surface area contributed by atoms with Gasteiger partial charge in [0.15, 0.2) is 0 Å². The highest BCUT2D eigenvalue weighted by molar-refractivity contribution is 6.03. The number of benzene rings is 1. The summed E-state index contributed by atoms with van der Waals surface area (Å²) in [5, 5.41) is 9.15. The van der Waals surface area contributed by atoms with Crippen LogP contribution in [0.1, 0.15) is 38.7 Å². The second-order valence-electron chi connectivity index (χ2n) is 7.84. The van der Waals surface area contributed by atoms with Crippen molar-refractivity contribution in [1.82, 2.24) is 4.90 Å². The monoisotopic (exact) mass is 370 g/mol. The minimum Gasteiger partial charge on any atom is -0.481 e. The molecule has 1 N–H and O–H groups in total. The number of aliphatic carboxylic acids is 1. The lowest BCUT2D eigenvalue weighted by Gasteiger charge is -2.26. The fourth-order valence-corrected chi connectivity index (χ4v) is 3.49. The van der Waals surface area contributed by atoms with Gasteiger partial charge in [0.05, 0.1) is 11.3 Å². The summed E-state index contributed by atoms with van der Waals surface area (Å²) >= 11 is 0. The van der Waals surface area contributed by atoms with Gasteiger partial charge in [-0.15, -0.1) is 0 Å². The Labute approximate surface area is 162 Å². The predicted molar refractivity (Wildman–Crippen MR) is 109 cm³/mol. The molecule has 2 atom stereocenters. The average molecular weight is 370 g/mol. The molecule has 1 aliphatic rings. The number of rotatable bonds is 7. The number of carbonyl (C=O) groups is 2. The second-order valence-corrected chi connectivity index (χ2v) is 7.84. The topological polar surface area (TPSA) is 60.9 Å². The standard InChI is InChI=1S/C22H30N2O3/c1-7-17(14-23(5)6)12-22(4)15(2)13-24(21(22)27)19-10-8-18(9-11-19)16(3)20(25)26/h7-11,16H,2,12-14H2,1,3-6H3,(H,25,26)/b17-7+. The van der Waals surface area contributed by atoms with Gasteiger partial charge in [-0.05, 0) is 64.6 Å². The third kappa shape index (κ3) is 4.30. The Hall–Kier alpha value is -2.40. The smallest absolute Gasteiger partial charge is 0.310 e. The van der Waals surface area contributed by atoms with Crippen molar-refractivity contribution < 1.29 is 14.7 Å². The van der Waals surface area contributed by atoms with E-state index in [1.54, 1.807) is 24.0 Å². The number of carboxylic acids is 1. The molecule has 5 heteroatoms. The number of anilines is 1. The number of likely N-dealkylation sites (N-methyl/N-ethyl adjacent to an activating group) is 1. The van der Waals surface area contributed by atoms with Crippen LogP contribution < -0.4 is 4.90 Å². The van der Waals surface area contributed by atoms with Gasteiger partial charge in [-0.3, -0.25) is 9.59 Å². The summed E-state index contributed by atoms with van der Waals surface area (Å²) in [6.07, 6.45) is 2.74. The molecule has 0 bridgehead atoms. The van der Waals surface area contributed by atoms with E-state index >= 15 is 0 Å². The van der Waals surface area contributed by atoms with Crippen molar-refractivity contribution in [3.8, 4) is 0 Å². The average Bonchev–Trinajstić information content (AvgIpc) is 2.84. The molecule has 0 spiro atoms. The highest BCUT2D eigenvalue weighted by Crippen LogP contribution is 2.42. The van der Waals surface area contributed by atoms with Crippen molar-refractivity contribution in [3.05, 3.63) is 53.6 Å². The zero-order valence-electron chi connectivity index (χ0n) is 17.0. The van der Waals surface area contributed by atoms with Crippen LogP contribution in [-0.2, 0) is 9.59 Å². The van der Waals surface area contributed by atoms with Crippen molar-refractivity contribution in [1.29, 1.82) is 0 Å². The number of hydrogen-bond donors (Lipinski definition) is 1.